The van der Waals surface area contributed by atoms with E-state index in [2.05, 4.69) is 63.8 Å². The summed E-state index contributed by atoms with van der Waals surface area (Å²) in [5, 5.41) is 0. The monoisotopic (exact) mass is 245 g/mol. The van der Waals surface area contributed by atoms with Crippen molar-refractivity contribution in [1.29, 1.82) is 0 Å². The summed E-state index contributed by atoms with van der Waals surface area (Å²) in [6, 6.07) is 8.45. The zero-order chi connectivity index (χ0) is 13.6. The summed E-state index contributed by atoms with van der Waals surface area (Å²) >= 11 is 0. The van der Waals surface area contributed by atoms with Crippen molar-refractivity contribution < 1.29 is 4.79 Å². The Bertz CT molecular complexity index is 468. The van der Waals surface area contributed by atoms with Crippen molar-refractivity contribution in [3.05, 3.63) is 29.8 Å². The van der Waals surface area contributed by atoms with E-state index in [1.807, 2.05) is 0 Å². The number of carbonyl (C=O) groups excluding carboxylic acids is 1. The first-order valence-corrected chi connectivity index (χ1v) is 6.61. The van der Waals surface area contributed by atoms with E-state index in [9.17, 15) is 4.79 Å². The molecule has 2 heteroatoms. The molecule has 1 aliphatic rings. The number of hydrogen-bond donors (Lipinski definition) is 0. The highest BCUT2D eigenvalue weighted by Gasteiger charge is 2.39. The minimum absolute atomic E-state index is 0.0710. The standard InChI is InChI=1S/C16H23NO/c1-15(2,3)13-8-6-7-9-14(13)17-11-12(18)10-16(17,4)5/h6-9H,10-11H2,1-5H3. The molecule has 1 saturated heterocycles. The highest BCUT2D eigenvalue weighted by Crippen LogP contribution is 2.38. The van der Waals surface area contributed by atoms with Crippen LogP contribution in [0.25, 0.3) is 0 Å². The molecule has 0 aliphatic carbocycles. The van der Waals surface area contributed by atoms with Crippen molar-refractivity contribution in [1.82, 2.24) is 0 Å². The summed E-state index contributed by atoms with van der Waals surface area (Å²) < 4.78 is 0. The van der Waals surface area contributed by atoms with Crippen LogP contribution in [0.4, 0.5) is 5.69 Å². The van der Waals surface area contributed by atoms with Gasteiger partial charge < -0.3 is 4.90 Å². The molecular formula is C16H23NO. The van der Waals surface area contributed by atoms with Gasteiger partial charge in [0.25, 0.3) is 0 Å². The molecule has 1 aliphatic heterocycles. The number of anilines is 1. The molecule has 0 unspecified atom stereocenters. The first-order chi connectivity index (χ1) is 8.22. The van der Waals surface area contributed by atoms with E-state index in [1.54, 1.807) is 0 Å². The Hall–Kier alpha value is -1.31. The van der Waals surface area contributed by atoms with Crippen LogP contribution in [0, 0.1) is 0 Å². The number of carbonyl (C=O) groups is 1. The lowest BCUT2D eigenvalue weighted by atomic mass is 9.85. The summed E-state index contributed by atoms with van der Waals surface area (Å²) in [6.45, 7) is 11.5. The van der Waals surface area contributed by atoms with Crippen LogP contribution in [-0.4, -0.2) is 17.9 Å². The Kier molecular flexibility index (Phi) is 3.00. The van der Waals surface area contributed by atoms with Crippen LogP contribution in [0.1, 0.15) is 46.6 Å². The van der Waals surface area contributed by atoms with Crippen LogP contribution in [0.2, 0.25) is 0 Å². The fraction of sp³-hybridized carbons (Fsp3) is 0.562. The SMILES string of the molecule is CC(C)(C)c1ccccc1N1CC(=O)CC1(C)C. The summed E-state index contributed by atoms with van der Waals surface area (Å²) in [4.78, 5) is 14.0. The van der Waals surface area contributed by atoms with Crippen LogP contribution < -0.4 is 4.90 Å². The van der Waals surface area contributed by atoms with Crippen LogP contribution >= 0.6 is 0 Å². The van der Waals surface area contributed by atoms with E-state index in [0.717, 1.165) is 0 Å². The van der Waals surface area contributed by atoms with Gasteiger partial charge in [-0.2, -0.15) is 0 Å². The Morgan fingerprint density at radius 3 is 2.28 bits per heavy atom. The molecule has 0 atom stereocenters. The predicted molar refractivity (Wildman–Crippen MR) is 76.2 cm³/mol. The van der Waals surface area contributed by atoms with Crippen LogP contribution in [0.15, 0.2) is 24.3 Å². The van der Waals surface area contributed by atoms with Crippen molar-refractivity contribution in [2.75, 3.05) is 11.4 Å². The molecule has 2 rings (SSSR count). The van der Waals surface area contributed by atoms with Crippen LogP contribution in [0.3, 0.4) is 0 Å². The molecule has 0 spiro atoms. The average molecular weight is 245 g/mol. The Morgan fingerprint density at radius 1 is 1.17 bits per heavy atom. The van der Waals surface area contributed by atoms with Gasteiger partial charge in [-0.25, -0.2) is 0 Å². The number of para-hydroxylation sites is 1. The minimum atomic E-state index is -0.0710. The van der Waals surface area contributed by atoms with Crippen molar-refractivity contribution in [3.63, 3.8) is 0 Å². The first kappa shape index (κ1) is 13.1. The van der Waals surface area contributed by atoms with E-state index in [0.29, 0.717) is 18.7 Å². The van der Waals surface area contributed by atoms with E-state index in [4.69, 9.17) is 0 Å². The fourth-order valence-corrected chi connectivity index (χ4v) is 2.78. The third-order valence-corrected chi connectivity index (χ3v) is 3.70. The zero-order valence-electron chi connectivity index (χ0n) is 12.1. The molecule has 1 heterocycles. The number of benzene rings is 1. The second-order valence-corrected chi connectivity index (χ2v) is 6.88. The van der Waals surface area contributed by atoms with E-state index in [-0.39, 0.29) is 11.0 Å². The topological polar surface area (TPSA) is 20.3 Å². The maximum atomic E-state index is 11.8. The third kappa shape index (κ3) is 2.29. The van der Waals surface area contributed by atoms with Gasteiger partial charge in [-0.15, -0.1) is 0 Å². The number of ketones is 1. The molecule has 2 nitrogen and oxygen atoms in total. The second kappa shape index (κ2) is 4.11. The maximum absolute atomic E-state index is 11.8. The summed E-state index contributed by atoms with van der Waals surface area (Å²) in [6.07, 6.45) is 0.644. The van der Waals surface area contributed by atoms with Gasteiger partial charge in [0.1, 0.15) is 0 Å². The largest absolute Gasteiger partial charge is 0.358 e. The second-order valence-electron chi connectivity index (χ2n) is 6.88. The molecule has 0 saturated carbocycles. The smallest absolute Gasteiger partial charge is 0.154 e. The fourth-order valence-electron chi connectivity index (χ4n) is 2.78. The van der Waals surface area contributed by atoms with Crippen molar-refractivity contribution >= 4 is 11.5 Å². The molecule has 0 N–H and O–H groups in total. The number of Topliss-reactive ketones (excluding diaryl/α,β-unsaturated/α-hetero) is 1. The van der Waals surface area contributed by atoms with Crippen molar-refractivity contribution in [2.24, 2.45) is 0 Å². The Labute approximate surface area is 110 Å². The Morgan fingerprint density at radius 2 is 1.78 bits per heavy atom. The van der Waals surface area contributed by atoms with Crippen LogP contribution in [-0.2, 0) is 10.2 Å². The highest BCUT2D eigenvalue weighted by atomic mass is 16.1. The highest BCUT2D eigenvalue weighted by molar-refractivity contribution is 5.89. The molecule has 0 bridgehead atoms. The lowest BCUT2D eigenvalue weighted by Crippen LogP contribution is -2.39. The minimum Gasteiger partial charge on any atom is -0.358 e. The van der Waals surface area contributed by atoms with Gasteiger partial charge >= 0.3 is 0 Å². The summed E-state index contributed by atoms with van der Waals surface area (Å²) in [5.74, 6) is 0.337. The summed E-state index contributed by atoms with van der Waals surface area (Å²) in [7, 11) is 0. The molecule has 0 amide bonds. The molecule has 1 aromatic carbocycles. The van der Waals surface area contributed by atoms with Gasteiger partial charge in [0, 0.05) is 17.6 Å². The lowest BCUT2D eigenvalue weighted by Gasteiger charge is -2.36. The quantitative estimate of drug-likeness (QED) is 0.754. The van der Waals surface area contributed by atoms with Gasteiger partial charge in [-0.1, -0.05) is 39.0 Å². The number of hydrogen-bond acceptors (Lipinski definition) is 2. The molecule has 0 radical (unpaired) electrons. The van der Waals surface area contributed by atoms with Crippen molar-refractivity contribution in [2.45, 2.75) is 52.0 Å². The van der Waals surface area contributed by atoms with E-state index < -0.39 is 0 Å². The normalized spacial score (nSPS) is 19.4. The Balaban J connectivity index is 2.49. The van der Waals surface area contributed by atoms with Gasteiger partial charge in [-0.3, -0.25) is 4.79 Å². The predicted octanol–water partition coefficient (Wildman–Crippen LogP) is 3.54. The maximum Gasteiger partial charge on any atom is 0.154 e. The number of nitrogens with zero attached hydrogens (tertiary/aromatic N) is 1. The van der Waals surface area contributed by atoms with E-state index >= 15 is 0 Å². The van der Waals surface area contributed by atoms with Gasteiger partial charge in [-0.05, 0) is 30.9 Å². The molecule has 0 aromatic heterocycles. The number of rotatable bonds is 1. The molecule has 1 aromatic rings. The van der Waals surface area contributed by atoms with E-state index in [1.165, 1.54) is 11.3 Å². The summed E-state index contributed by atoms with van der Waals surface area (Å²) in [5.41, 5.74) is 2.55. The first-order valence-electron chi connectivity index (χ1n) is 6.61. The van der Waals surface area contributed by atoms with Gasteiger partial charge in [0.2, 0.25) is 0 Å². The zero-order valence-corrected chi connectivity index (χ0v) is 12.1. The molecule has 98 valence electrons. The molecule has 18 heavy (non-hydrogen) atoms. The average Bonchev–Trinajstić information content (AvgIpc) is 2.50. The van der Waals surface area contributed by atoms with Gasteiger partial charge in [0.05, 0.1) is 6.54 Å². The third-order valence-electron chi connectivity index (χ3n) is 3.70. The lowest BCUT2D eigenvalue weighted by molar-refractivity contribution is -0.116. The molecule has 1 fully saturated rings. The van der Waals surface area contributed by atoms with Crippen LogP contribution in [0.5, 0.6) is 0 Å². The molecular weight excluding hydrogens is 222 g/mol. The van der Waals surface area contributed by atoms with Crippen molar-refractivity contribution in [3.8, 4) is 0 Å². The van der Waals surface area contributed by atoms with Gasteiger partial charge in [0.15, 0.2) is 5.78 Å².